The first-order valence-electron chi connectivity index (χ1n) is 11.4. The molecule has 164 valence electrons. The largest absolute Gasteiger partial charge is 0.336 e. The number of amides is 3. The van der Waals surface area contributed by atoms with E-state index in [1.165, 1.54) is 31.4 Å². The van der Waals surface area contributed by atoms with Gasteiger partial charge in [-0.1, -0.05) is 18.6 Å². The summed E-state index contributed by atoms with van der Waals surface area (Å²) in [5, 5.41) is 2.92. The molecule has 2 heterocycles. The summed E-state index contributed by atoms with van der Waals surface area (Å²) in [5.74, 6) is 0.204. The molecular weight excluding hydrogens is 383 g/mol. The molecule has 2 aliphatic heterocycles. The number of piperidine rings is 1. The van der Waals surface area contributed by atoms with Gasteiger partial charge in [0.1, 0.15) is 5.82 Å². The second-order valence-electron chi connectivity index (χ2n) is 8.88. The average Bonchev–Trinajstić information content (AvgIpc) is 3.51. The van der Waals surface area contributed by atoms with Crippen LogP contribution in [-0.4, -0.2) is 71.9 Å². The maximum Gasteiger partial charge on any atom is 0.317 e. The lowest BCUT2D eigenvalue weighted by Crippen LogP contribution is -2.48. The summed E-state index contributed by atoms with van der Waals surface area (Å²) >= 11 is 0. The summed E-state index contributed by atoms with van der Waals surface area (Å²) in [6.07, 6.45) is 6.67. The van der Waals surface area contributed by atoms with E-state index in [1.807, 2.05) is 4.90 Å². The van der Waals surface area contributed by atoms with Gasteiger partial charge in [-0.05, 0) is 62.9 Å². The first-order chi connectivity index (χ1) is 14.6. The van der Waals surface area contributed by atoms with Crippen molar-refractivity contribution in [1.82, 2.24) is 20.0 Å². The van der Waals surface area contributed by atoms with Gasteiger partial charge in [0, 0.05) is 38.6 Å². The number of carbonyl (C=O) groups excluding carboxylic acids is 2. The fraction of sp³-hybridized carbons (Fsp3) is 0.652. The van der Waals surface area contributed by atoms with Gasteiger partial charge >= 0.3 is 6.03 Å². The highest BCUT2D eigenvalue weighted by Gasteiger charge is 2.39. The Morgan fingerprint density at radius 1 is 1.03 bits per heavy atom. The summed E-state index contributed by atoms with van der Waals surface area (Å²) in [4.78, 5) is 31.9. The van der Waals surface area contributed by atoms with Gasteiger partial charge in [-0.2, -0.15) is 0 Å². The number of hydrogen-bond acceptors (Lipinski definition) is 3. The summed E-state index contributed by atoms with van der Waals surface area (Å²) in [7, 11) is 0. The third-order valence-electron chi connectivity index (χ3n) is 6.56. The van der Waals surface area contributed by atoms with E-state index in [0.717, 1.165) is 51.0 Å². The molecule has 4 rings (SSSR count). The van der Waals surface area contributed by atoms with Gasteiger partial charge in [-0.15, -0.1) is 0 Å². The predicted octanol–water partition coefficient (Wildman–Crippen LogP) is 2.83. The average molecular weight is 417 g/mol. The topological polar surface area (TPSA) is 55.9 Å². The SMILES string of the molecule is O=C(NCc1ccc(F)cc1)N1CCC(N(CCN2CCCCC2)C(=O)C2CC2)C1. The third kappa shape index (κ3) is 5.50. The number of carbonyl (C=O) groups is 2. The van der Waals surface area contributed by atoms with Crippen molar-refractivity contribution in [2.45, 2.75) is 51.1 Å². The van der Waals surface area contributed by atoms with Crippen molar-refractivity contribution in [1.29, 1.82) is 0 Å². The second kappa shape index (κ2) is 9.77. The molecule has 0 aromatic heterocycles. The Kier molecular flexibility index (Phi) is 6.87. The number of halogens is 1. The van der Waals surface area contributed by atoms with Crippen LogP contribution in [0.3, 0.4) is 0 Å². The number of hydrogen-bond donors (Lipinski definition) is 1. The zero-order chi connectivity index (χ0) is 20.9. The van der Waals surface area contributed by atoms with Crippen molar-refractivity contribution in [2.75, 3.05) is 39.3 Å². The van der Waals surface area contributed by atoms with Crippen LogP contribution in [0.25, 0.3) is 0 Å². The zero-order valence-corrected chi connectivity index (χ0v) is 17.7. The van der Waals surface area contributed by atoms with Crippen LogP contribution >= 0.6 is 0 Å². The minimum atomic E-state index is -0.280. The molecule has 1 atom stereocenters. The highest BCUT2D eigenvalue weighted by Crippen LogP contribution is 2.32. The highest BCUT2D eigenvalue weighted by molar-refractivity contribution is 5.81. The number of rotatable bonds is 7. The molecule has 1 unspecified atom stereocenters. The lowest BCUT2D eigenvalue weighted by Gasteiger charge is -2.33. The molecule has 3 amide bonds. The van der Waals surface area contributed by atoms with E-state index in [0.29, 0.717) is 19.6 Å². The van der Waals surface area contributed by atoms with Gasteiger partial charge in [-0.3, -0.25) is 4.79 Å². The Hall–Kier alpha value is -2.15. The highest BCUT2D eigenvalue weighted by atomic mass is 19.1. The number of nitrogens with one attached hydrogen (secondary N) is 1. The Morgan fingerprint density at radius 3 is 2.47 bits per heavy atom. The van der Waals surface area contributed by atoms with Crippen LogP contribution in [0.1, 0.15) is 44.1 Å². The van der Waals surface area contributed by atoms with Gasteiger partial charge in [0.05, 0.1) is 6.04 Å². The van der Waals surface area contributed by atoms with Crippen LogP contribution in [-0.2, 0) is 11.3 Å². The summed E-state index contributed by atoms with van der Waals surface area (Å²) in [6, 6.07) is 6.16. The van der Waals surface area contributed by atoms with Crippen LogP contribution in [0.2, 0.25) is 0 Å². The lowest BCUT2D eigenvalue weighted by atomic mass is 10.1. The molecule has 7 heteroatoms. The summed E-state index contributed by atoms with van der Waals surface area (Å²) in [6.45, 7) is 5.60. The van der Waals surface area contributed by atoms with Crippen molar-refractivity contribution in [2.24, 2.45) is 5.92 Å². The van der Waals surface area contributed by atoms with Crippen LogP contribution in [0.15, 0.2) is 24.3 Å². The molecule has 1 aromatic rings. The van der Waals surface area contributed by atoms with Gasteiger partial charge in [0.15, 0.2) is 0 Å². The van der Waals surface area contributed by atoms with E-state index in [4.69, 9.17) is 0 Å². The number of nitrogens with zero attached hydrogens (tertiary/aromatic N) is 3. The zero-order valence-electron chi connectivity index (χ0n) is 17.7. The lowest BCUT2D eigenvalue weighted by molar-refractivity contribution is -0.135. The van der Waals surface area contributed by atoms with Gasteiger partial charge in [0.25, 0.3) is 0 Å². The van der Waals surface area contributed by atoms with Crippen LogP contribution in [0.5, 0.6) is 0 Å². The fourth-order valence-corrected chi connectivity index (χ4v) is 4.54. The van der Waals surface area contributed by atoms with E-state index in [9.17, 15) is 14.0 Å². The van der Waals surface area contributed by atoms with E-state index in [2.05, 4.69) is 15.1 Å². The van der Waals surface area contributed by atoms with Crippen LogP contribution in [0.4, 0.5) is 9.18 Å². The smallest absolute Gasteiger partial charge is 0.317 e. The molecule has 1 aliphatic carbocycles. The molecule has 1 saturated carbocycles. The van der Waals surface area contributed by atoms with Crippen molar-refractivity contribution >= 4 is 11.9 Å². The minimum Gasteiger partial charge on any atom is -0.336 e. The number of urea groups is 1. The Labute approximate surface area is 178 Å². The molecule has 30 heavy (non-hydrogen) atoms. The van der Waals surface area contributed by atoms with E-state index in [1.54, 1.807) is 12.1 Å². The first-order valence-corrected chi connectivity index (χ1v) is 11.4. The molecule has 2 saturated heterocycles. The molecule has 1 aromatic carbocycles. The maximum absolute atomic E-state index is 13.0. The molecule has 0 bridgehead atoms. The van der Waals surface area contributed by atoms with Crippen LogP contribution < -0.4 is 5.32 Å². The monoisotopic (exact) mass is 416 g/mol. The molecular formula is C23H33FN4O2. The normalized spacial score (nSPS) is 22.2. The molecule has 0 spiro atoms. The number of benzene rings is 1. The van der Waals surface area contributed by atoms with E-state index >= 15 is 0 Å². The van der Waals surface area contributed by atoms with Gasteiger partial charge in [0.2, 0.25) is 5.91 Å². The molecule has 6 nitrogen and oxygen atoms in total. The van der Waals surface area contributed by atoms with Crippen molar-refractivity contribution < 1.29 is 14.0 Å². The van der Waals surface area contributed by atoms with Crippen molar-refractivity contribution in [3.8, 4) is 0 Å². The molecule has 1 N–H and O–H groups in total. The Morgan fingerprint density at radius 2 is 1.77 bits per heavy atom. The first kappa shape index (κ1) is 21.1. The summed E-state index contributed by atoms with van der Waals surface area (Å²) in [5.41, 5.74) is 0.868. The Bertz CT molecular complexity index is 731. The molecule has 3 fully saturated rings. The molecule has 3 aliphatic rings. The van der Waals surface area contributed by atoms with Gasteiger partial charge in [-0.25, -0.2) is 9.18 Å². The second-order valence-corrected chi connectivity index (χ2v) is 8.88. The minimum absolute atomic E-state index is 0.111. The number of likely N-dealkylation sites (tertiary alicyclic amines) is 2. The van der Waals surface area contributed by atoms with Gasteiger partial charge < -0.3 is 20.0 Å². The molecule has 0 radical (unpaired) electrons. The predicted molar refractivity (Wildman–Crippen MR) is 113 cm³/mol. The fourth-order valence-electron chi connectivity index (χ4n) is 4.54. The Balaban J connectivity index is 1.29. The van der Waals surface area contributed by atoms with Crippen molar-refractivity contribution in [3.63, 3.8) is 0 Å². The standard InChI is InChI=1S/C23H33FN4O2/c24-20-8-4-18(5-9-20)16-25-23(30)27-13-10-21(17-27)28(22(29)19-6-7-19)15-14-26-11-2-1-3-12-26/h4-5,8-9,19,21H,1-3,6-7,10-17H2,(H,25,30). The third-order valence-corrected chi connectivity index (χ3v) is 6.56. The van der Waals surface area contributed by atoms with E-state index < -0.39 is 0 Å². The van der Waals surface area contributed by atoms with Crippen molar-refractivity contribution in [3.05, 3.63) is 35.6 Å². The maximum atomic E-state index is 13.0. The quantitative estimate of drug-likeness (QED) is 0.744. The summed E-state index contributed by atoms with van der Waals surface area (Å²) < 4.78 is 13.0. The van der Waals surface area contributed by atoms with E-state index in [-0.39, 0.29) is 29.7 Å². The van der Waals surface area contributed by atoms with Crippen LogP contribution in [0, 0.1) is 11.7 Å².